The molecule has 0 heterocycles. The molecule has 0 spiro atoms. The minimum Gasteiger partial charge on any atom is -0.462 e. The van der Waals surface area contributed by atoms with E-state index in [0.29, 0.717) is 19.3 Å². The van der Waals surface area contributed by atoms with Gasteiger partial charge in [0.2, 0.25) is 5.91 Å². The van der Waals surface area contributed by atoms with Crippen LogP contribution in [0, 0.1) is 0 Å². The van der Waals surface area contributed by atoms with Gasteiger partial charge in [0.1, 0.15) is 6.10 Å². The first-order chi connectivity index (χ1) is 29.0. The monoisotopic (exact) mass is 832 g/mol. The van der Waals surface area contributed by atoms with Gasteiger partial charge in [-0.05, 0) is 51.4 Å². The topological polar surface area (TPSA) is 95.9 Å². The van der Waals surface area contributed by atoms with Gasteiger partial charge in [-0.2, -0.15) is 0 Å². The lowest BCUT2D eigenvalue weighted by Gasteiger charge is -2.24. The summed E-state index contributed by atoms with van der Waals surface area (Å²) in [6, 6.07) is -0.701. The highest BCUT2D eigenvalue weighted by atomic mass is 16.5. The molecule has 0 aliphatic rings. The second kappa shape index (κ2) is 47.4. The van der Waals surface area contributed by atoms with Crippen molar-refractivity contribution in [1.29, 1.82) is 0 Å². The predicted octanol–water partition coefficient (Wildman–Crippen LogP) is 15.5. The first-order valence-corrected chi connectivity index (χ1v) is 26.1. The van der Waals surface area contributed by atoms with Crippen molar-refractivity contribution < 1.29 is 24.5 Å². The Labute approximate surface area is 367 Å². The summed E-state index contributed by atoms with van der Waals surface area (Å²) in [4.78, 5) is 26.1. The number of amides is 1. The van der Waals surface area contributed by atoms with Crippen molar-refractivity contribution >= 4 is 11.9 Å². The van der Waals surface area contributed by atoms with Crippen LogP contribution >= 0.6 is 0 Å². The number of hydrogen-bond acceptors (Lipinski definition) is 5. The molecule has 0 fully saturated rings. The van der Waals surface area contributed by atoms with Gasteiger partial charge in [-0.1, -0.05) is 238 Å². The van der Waals surface area contributed by atoms with Gasteiger partial charge in [-0.25, -0.2) is 0 Å². The summed E-state index contributed by atoms with van der Waals surface area (Å²) in [5.41, 5.74) is 0. The van der Waals surface area contributed by atoms with E-state index < -0.39 is 18.2 Å². The number of rotatable bonds is 47. The van der Waals surface area contributed by atoms with E-state index in [0.717, 1.165) is 64.2 Å². The predicted molar refractivity (Wildman–Crippen MR) is 255 cm³/mol. The Hall–Kier alpha value is -1.66. The second-order valence-corrected chi connectivity index (χ2v) is 18.0. The molecular formula is C53H101NO5. The number of unbranched alkanes of at least 4 members (excludes halogenated alkanes) is 32. The highest BCUT2D eigenvalue weighted by molar-refractivity contribution is 5.77. The normalized spacial score (nSPS) is 13.4. The van der Waals surface area contributed by atoms with Crippen molar-refractivity contribution in [3.63, 3.8) is 0 Å². The Morgan fingerprint density at radius 1 is 0.492 bits per heavy atom. The van der Waals surface area contributed by atoms with E-state index in [-0.39, 0.29) is 24.9 Å². The molecule has 0 aromatic heterocycles. The number of carbonyl (C=O) groups excluding carboxylic acids is 2. The Morgan fingerprint density at radius 3 is 1.25 bits per heavy atom. The third kappa shape index (κ3) is 42.8. The number of ether oxygens (including phenoxy) is 1. The van der Waals surface area contributed by atoms with Crippen LogP contribution < -0.4 is 5.32 Å². The molecule has 6 heteroatoms. The molecule has 0 radical (unpaired) electrons. The van der Waals surface area contributed by atoms with Gasteiger partial charge in [0.05, 0.1) is 25.2 Å². The van der Waals surface area contributed by atoms with Crippen molar-refractivity contribution in [1.82, 2.24) is 5.32 Å². The summed E-state index contributed by atoms with van der Waals surface area (Å²) in [5, 5.41) is 23.7. The van der Waals surface area contributed by atoms with Gasteiger partial charge in [-0.3, -0.25) is 9.59 Å². The zero-order valence-corrected chi connectivity index (χ0v) is 39.7. The molecule has 0 saturated heterocycles. The van der Waals surface area contributed by atoms with Crippen molar-refractivity contribution in [2.75, 3.05) is 6.61 Å². The lowest BCUT2D eigenvalue weighted by molar-refractivity contribution is -0.151. The van der Waals surface area contributed by atoms with Crippen molar-refractivity contribution in [2.24, 2.45) is 0 Å². The van der Waals surface area contributed by atoms with Gasteiger partial charge in [-0.15, -0.1) is 0 Å². The minimum absolute atomic E-state index is 0.0723. The van der Waals surface area contributed by atoms with Gasteiger partial charge in [0.25, 0.3) is 0 Å². The van der Waals surface area contributed by atoms with Crippen LogP contribution in [0.2, 0.25) is 0 Å². The van der Waals surface area contributed by atoms with Crippen LogP contribution in [-0.2, 0) is 14.3 Å². The maximum Gasteiger partial charge on any atom is 0.306 e. The number of nitrogens with one attached hydrogen (secondary N) is 1. The van der Waals surface area contributed by atoms with Crippen molar-refractivity contribution in [3.05, 3.63) is 24.3 Å². The smallest absolute Gasteiger partial charge is 0.306 e. The summed E-state index contributed by atoms with van der Waals surface area (Å²) in [5.74, 6) is -0.492. The standard InChI is InChI=1S/C53H101NO5/c1-4-7-10-13-16-19-21-23-25-27-29-31-34-37-40-43-46-53(58)59-49(44-41-38-35-33-30-28-26-24-22-20-17-14-11-8-5-2)47-52(57)54-50(48-55)51(56)45-42-39-36-32-18-15-12-9-6-3/h25,27,29,31,49-51,55-56H,4-24,26,28,30,32-48H2,1-3H3,(H,54,57)/b27-25+,31-29+. The van der Waals surface area contributed by atoms with E-state index in [4.69, 9.17) is 4.74 Å². The number of allylic oxidation sites excluding steroid dienone is 4. The van der Waals surface area contributed by atoms with Crippen LogP contribution in [-0.4, -0.2) is 46.9 Å². The second-order valence-electron chi connectivity index (χ2n) is 18.0. The fourth-order valence-corrected chi connectivity index (χ4v) is 8.07. The Bertz CT molecular complexity index is 935. The minimum atomic E-state index is -0.786. The van der Waals surface area contributed by atoms with Crippen molar-refractivity contribution in [2.45, 2.75) is 296 Å². The third-order valence-corrected chi connectivity index (χ3v) is 12.1. The Balaban J connectivity index is 4.58. The van der Waals surface area contributed by atoms with Crippen LogP contribution in [0.1, 0.15) is 278 Å². The first-order valence-electron chi connectivity index (χ1n) is 26.1. The van der Waals surface area contributed by atoms with Gasteiger partial charge < -0.3 is 20.3 Å². The zero-order valence-electron chi connectivity index (χ0n) is 39.7. The highest BCUT2D eigenvalue weighted by Gasteiger charge is 2.24. The zero-order chi connectivity index (χ0) is 43.1. The quantitative estimate of drug-likeness (QED) is 0.0322. The molecule has 6 nitrogen and oxygen atoms in total. The summed E-state index contributed by atoms with van der Waals surface area (Å²) >= 11 is 0. The molecule has 0 rings (SSSR count). The van der Waals surface area contributed by atoms with Gasteiger partial charge >= 0.3 is 5.97 Å². The summed E-state index contributed by atoms with van der Waals surface area (Å²) in [6.45, 7) is 6.47. The molecule has 59 heavy (non-hydrogen) atoms. The van der Waals surface area contributed by atoms with E-state index >= 15 is 0 Å². The molecule has 0 aromatic rings. The maximum atomic E-state index is 13.2. The molecular weight excluding hydrogens is 731 g/mol. The fraction of sp³-hybridized carbons (Fsp3) is 0.887. The Morgan fingerprint density at radius 2 is 0.847 bits per heavy atom. The molecule has 0 aromatic carbocycles. The lowest BCUT2D eigenvalue weighted by atomic mass is 10.0. The van der Waals surface area contributed by atoms with Crippen molar-refractivity contribution in [3.8, 4) is 0 Å². The van der Waals surface area contributed by atoms with Crippen LogP contribution in [0.3, 0.4) is 0 Å². The Kier molecular flexibility index (Phi) is 46.1. The molecule has 0 bridgehead atoms. The summed E-state index contributed by atoms with van der Waals surface area (Å²) in [6.07, 6.45) is 53.8. The van der Waals surface area contributed by atoms with Crippen LogP contribution in [0.25, 0.3) is 0 Å². The fourth-order valence-electron chi connectivity index (χ4n) is 8.07. The van der Waals surface area contributed by atoms with E-state index in [1.807, 2.05) is 0 Å². The van der Waals surface area contributed by atoms with E-state index in [2.05, 4.69) is 50.4 Å². The molecule has 3 unspecified atom stereocenters. The third-order valence-electron chi connectivity index (χ3n) is 12.1. The SMILES string of the molecule is CCCCCCCCC/C=C/C=C/CCCCCC(=O)OC(CCCCCCCCCCCCCCCCC)CC(=O)NC(CO)C(O)CCCCCCCCCCC. The maximum absolute atomic E-state index is 13.2. The van der Waals surface area contributed by atoms with E-state index in [1.165, 1.54) is 167 Å². The molecule has 0 aliphatic carbocycles. The van der Waals surface area contributed by atoms with Crippen LogP contribution in [0.4, 0.5) is 0 Å². The highest BCUT2D eigenvalue weighted by Crippen LogP contribution is 2.18. The number of aliphatic hydroxyl groups is 2. The summed E-state index contributed by atoms with van der Waals surface area (Å²) < 4.78 is 5.93. The summed E-state index contributed by atoms with van der Waals surface area (Å²) in [7, 11) is 0. The van der Waals surface area contributed by atoms with E-state index in [9.17, 15) is 19.8 Å². The molecule has 3 N–H and O–H groups in total. The molecule has 3 atom stereocenters. The lowest BCUT2D eigenvalue weighted by Crippen LogP contribution is -2.46. The van der Waals surface area contributed by atoms with Gasteiger partial charge in [0.15, 0.2) is 0 Å². The molecule has 1 amide bonds. The van der Waals surface area contributed by atoms with E-state index in [1.54, 1.807) is 0 Å². The van der Waals surface area contributed by atoms with Gasteiger partial charge in [0, 0.05) is 6.42 Å². The molecule has 0 saturated carbocycles. The average molecular weight is 832 g/mol. The number of aliphatic hydroxyl groups excluding tert-OH is 2. The number of hydrogen-bond donors (Lipinski definition) is 3. The molecule has 348 valence electrons. The van der Waals surface area contributed by atoms with Crippen LogP contribution in [0.15, 0.2) is 24.3 Å². The molecule has 0 aliphatic heterocycles. The number of esters is 1. The largest absolute Gasteiger partial charge is 0.462 e. The van der Waals surface area contributed by atoms with Crippen LogP contribution in [0.5, 0.6) is 0 Å². The average Bonchev–Trinajstić information content (AvgIpc) is 3.23. The number of carbonyl (C=O) groups is 2. The first kappa shape index (κ1) is 57.3.